The Labute approximate surface area is 143 Å². The molecular formula is C16H16N4O5. The van der Waals surface area contributed by atoms with Crippen LogP contribution in [0.15, 0.2) is 47.6 Å². The van der Waals surface area contributed by atoms with Crippen molar-refractivity contribution >= 4 is 23.6 Å². The lowest BCUT2D eigenvalue weighted by Gasteiger charge is -2.08. The molecule has 0 spiro atoms. The third-order valence-electron chi connectivity index (χ3n) is 3.13. The van der Waals surface area contributed by atoms with Crippen LogP contribution < -0.4 is 20.2 Å². The number of hydrazone groups is 1. The molecule has 0 saturated heterocycles. The van der Waals surface area contributed by atoms with Crippen LogP contribution in [0.4, 0.5) is 16.2 Å². The number of nitro benzene ring substituents is 1. The van der Waals surface area contributed by atoms with Crippen LogP contribution in [-0.2, 0) is 0 Å². The number of urea groups is 1. The summed E-state index contributed by atoms with van der Waals surface area (Å²) in [5, 5.41) is 17.5. The van der Waals surface area contributed by atoms with E-state index in [0.717, 1.165) is 6.21 Å². The number of amides is 2. The summed E-state index contributed by atoms with van der Waals surface area (Å²) in [5.41, 5.74) is 2.75. The first kappa shape index (κ1) is 17.7. The van der Waals surface area contributed by atoms with Gasteiger partial charge in [0.1, 0.15) is 0 Å². The Kier molecular flexibility index (Phi) is 5.88. The molecule has 0 saturated carbocycles. The predicted octanol–water partition coefficient (Wildman–Crippen LogP) is 2.77. The van der Waals surface area contributed by atoms with Crippen LogP contribution in [0.1, 0.15) is 5.56 Å². The van der Waals surface area contributed by atoms with Gasteiger partial charge in [-0.15, -0.1) is 0 Å². The lowest BCUT2D eigenvalue weighted by molar-refractivity contribution is -0.385. The highest BCUT2D eigenvalue weighted by molar-refractivity contribution is 5.91. The minimum atomic E-state index is -0.578. The molecule has 2 aromatic carbocycles. The summed E-state index contributed by atoms with van der Waals surface area (Å²) >= 11 is 0. The van der Waals surface area contributed by atoms with Crippen LogP contribution in [-0.4, -0.2) is 31.4 Å². The first-order chi connectivity index (χ1) is 12.0. The van der Waals surface area contributed by atoms with Crippen LogP contribution in [0.3, 0.4) is 0 Å². The minimum absolute atomic E-state index is 0.155. The van der Waals surface area contributed by atoms with Crippen molar-refractivity contribution in [1.29, 1.82) is 0 Å². The maximum atomic E-state index is 11.7. The number of rotatable bonds is 6. The Hall–Kier alpha value is -3.62. The topological polar surface area (TPSA) is 115 Å². The number of carbonyl (C=O) groups is 1. The van der Waals surface area contributed by atoms with Crippen molar-refractivity contribution < 1.29 is 19.2 Å². The maximum absolute atomic E-state index is 11.7. The van der Waals surface area contributed by atoms with E-state index in [2.05, 4.69) is 15.8 Å². The Morgan fingerprint density at radius 3 is 2.40 bits per heavy atom. The molecule has 2 N–H and O–H groups in total. The third kappa shape index (κ3) is 4.67. The molecule has 130 valence electrons. The first-order valence-electron chi connectivity index (χ1n) is 7.10. The van der Waals surface area contributed by atoms with Crippen LogP contribution in [0.2, 0.25) is 0 Å². The molecule has 0 aliphatic rings. The number of benzene rings is 2. The average molecular weight is 344 g/mol. The van der Waals surface area contributed by atoms with Gasteiger partial charge >= 0.3 is 6.03 Å². The van der Waals surface area contributed by atoms with Crippen LogP contribution in [0.25, 0.3) is 0 Å². The molecule has 2 aromatic rings. The number of hydrogen-bond donors (Lipinski definition) is 2. The zero-order chi connectivity index (χ0) is 18.2. The van der Waals surface area contributed by atoms with Gasteiger partial charge in [-0.3, -0.25) is 10.1 Å². The second kappa shape index (κ2) is 8.29. The number of hydrogen-bond acceptors (Lipinski definition) is 6. The number of nitrogens with one attached hydrogen (secondary N) is 2. The summed E-state index contributed by atoms with van der Waals surface area (Å²) in [6, 6.07) is 10.8. The third-order valence-corrected chi connectivity index (χ3v) is 3.13. The molecule has 9 nitrogen and oxygen atoms in total. The second-order valence-corrected chi connectivity index (χ2v) is 4.71. The number of ether oxygens (including phenoxy) is 2. The standard InChI is InChI=1S/C16H16N4O5/c1-24-14-8-11(13(20(22)23)9-15(14)25-2)10-17-19-16(21)18-12-6-4-3-5-7-12/h3-10H,1-2H3,(H2,18,19,21)/b17-10+. The monoisotopic (exact) mass is 344 g/mol. The molecule has 0 bridgehead atoms. The van der Waals surface area contributed by atoms with Gasteiger partial charge < -0.3 is 14.8 Å². The van der Waals surface area contributed by atoms with Gasteiger partial charge in [-0.05, 0) is 18.2 Å². The van der Waals surface area contributed by atoms with E-state index < -0.39 is 11.0 Å². The molecule has 0 aliphatic heterocycles. The molecule has 2 amide bonds. The highest BCUT2D eigenvalue weighted by atomic mass is 16.6. The SMILES string of the molecule is COc1cc(/C=N/NC(=O)Nc2ccccc2)c([N+](=O)[O-])cc1OC. The smallest absolute Gasteiger partial charge is 0.339 e. The van der Waals surface area contributed by atoms with Gasteiger partial charge in [0, 0.05) is 5.69 Å². The fourth-order valence-corrected chi connectivity index (χ4v) is 1.99. The van der Waals surface area contributed by atoms with Crippen molar-refractivity contribution in [1.82, 2.24) is 5.43 Å². The molecule has 2 rings (SSSR count). The number of nitro groups is 1. The summed E-state index contributed by atoms with van der Waals surface area (Å²) < 4.78 is 10.1. The van der Waals surface area contributed by atoms with Crippen molar-refractivity contribution in [2.45, 2.75) is 0 Å². The zero-order valence-electron chi connectivity index (χ0n) is 13.6. The van der Waals surface area contributed by atoms with Gasteiger partial charge in [0.15, 0.2) is 11.5 Å². The second-order valence-electron chi connectivity index (χ2n) is 4.71. The van der Waals surface area contributed by atoms with Crippen molar-refractivity contribution in [3.8, 4) is 11.5 Å². The van der Waals surface area contributed by atoms with Crippen LogP contribution >= 0.6 is 0 Å². The molecule has 0 fully saturated rings. The molecule has 0 aliphatic carbocycles. The summed E-state index contributed by atoms with van der Waals surface area (Å²) in [6.07, 6.45) is 1.16. The van der Waals surface area contributed by atoms with E-state index in [-0.39, 0.29) is 17.0 Å². The van der Waals surface area contributed by atoms with E-state index in [1.54, 1.807) is 24.3 Å². The van der Waals surface area contributed by atoms with Crippen molar-refractivity contribution in [2.24, 2.45) is 5.10 Å². The Bertz CT molecular complexity index is 793. The fourth-order valence-electron chi connectivity index (χ4n) is 1.99. The number of methoxy groups -OCH3 is 2. The van der Waals surface area contributed by atoms with E-state index >= 15 is 0 Å². The Morgan fingerprint density at radius 2 is 1.80 bits per heavy atom. The van der Waals surface area contributed by atoms with Gasteiger partial charge in [-0.1, -0.05) is 18.2 Å². The molecule has 0 radical (unpaired) electrons. The lowest BCUT2D eigenvalue weighted by atomic mass is 10.1. The molecule has 0 unspecified atom stereocenters. The molecule has 0 aromatic heterocycles. The summed E-state index contributed by atoms with van der Waals surface area (Å²) in [5.74, 6) is 0.532. The predicted molar refractivity (Wildman–Crippen MR) is 92.4 cm³/mol. The Morgan fingerprint density at radius 1 is 1.16 bits per heavy atom. The van der Waals surface area contributed by atoms with E-state index in [1.807, 2.05) is 6.07 Å². The first-order valence-corrected chi connectivity index (χ1v) is 7.10. The lowest BCUT2D eigenvalue weighted by Crippen LogP contribution is -2.24. The highest BCUT2D eigenvalue weighted by Crippen LogP contribution is 2.33. The van der Waals surface area contributed by atoms with Crippen molar-refractivity contribution in [2.75, 3.05) is 19.5 Å². The van der Waals surface area contributed by atoms with Gasteiger partial charge in [-0.25, -0.2) is 10.2 Å². The molecular weight excluding hydrogens is 328 g/mol. The number of carbonyl (C=O) groups excluding carboxylic acids is 1. The Balaban J connectivity index is 2.14. The molecule has 0 heterocycles. The maximum Gasteiger partial charge on any atom is 0.339 e. The normalized spacial score (nSPS) is 10.3. The van der Waals surface area contributed by atoms with Gasteiger partial charge in [0.2, 0.25) is 0 Å². The number of anilines is 1. The fraction of sp³-hybridized carbons (Fsp3) is 0.125. The largest absolute Gasteiger partial charge is 0.493 e. The summed E-state index contributed by atoms with van der Waals surface area (Å²) in [6.45, 7) is 0. The van der Waals surface area contributed by atoms with Gasteiger partial charge in [0.05, 0.1) is 37.0 Å². The van der Waals surface area contributed by atoms with E-state index in [4.69, 9.17) is 9.47 Å². The van der Waals surface area contributed by atoms with Crippen molar-refractivity contribution in [3.05, 3.63) is 58.1 Å². The van der Waals surface area contributed by atoms with E-state index in [1.165, 1.54) is 26.4 Å². The zero-order valence-corrected chi connectivity index (χ0v) is 13.6. The molecule has 25 heavy (non-hydrogen) atoms. The minimum Gasteiger partial charge on any atom is -0.493 e. The van der Waals surface area contributed by atoms with Crippen LogP contribution in [0.5, 0.6) is 11.5 Å². The van der Waals surface area contributed by atoms with Crippen LogP contribution in [0, 0.1) is 10.1 Å². The molecule has 9 heteroatoms. The molecule has 0 atom stereocenters. The summed E-state index contributed by atoms with van der Waals surface area (Å²) in [7, 11) is 2.79. The summed E-state index contributed by atoms with van der Waals surface area (Å²) in [4.78, 5) is 22.3. The van der Waals surface area contributed by atoms with E-state index in [9.17, 15) is 14.9 Å². The highest BCUT2D eigenvalue weighted by Gasteiger charge is 2.18. The number of para-hydroxylation sites is 1. The van der Waals surface area contributed by atoms with Gasteiger partial charge in [-0.2, -0.15) is 5.10 Å². The number of nitrogens with zero attached hydrogens (tertiary/aromatic N) is 2. The average Bonchev–Trinajstić information content (AvgIpc) is 2.61. The quantitative estimate of drug-likeness (QED) is 0.475. The van der Waals surface area contributed by atoms with Crippen molar-refractivity contribution in [3.63, 3.8) is 0 Å². The van der Waals surface area contributed by atoms with Gasteiger partial charge in [0.25, 0.3) is 5.69 Å². The van der Waals surface area contributed by atoms with E-state index in [0.29, 0.717) is 11.4 Å².